The number of nitrogens with zero attached hydrogens (tertiary/aromatic N) is 3. The van der Waals surface area contributed by atoms with Gasteiger partial charge in [-0.1, -0.05) is 6.92 Å². The van der Waals surface area contributed by atoms with Crippen LogP contribution >= 0.6 is 0 Å². The summed E-state index contributed by atoms with van der Waals surface area (Å²) >= 11 is 0. The van der Waals surface area contributed by atoms with E-state index < -0.39 is 6.09 Å². The second kappa shape index (κ2) is 5.14. The van der Waals surface area contributed by atoms with Crippen molar-refractivity contribution in [3.8, 4) is 5.75 Å². The lowest BCUT2D eigenvalue weighted by molar-refractivity contribution is 0.147. The van der Waals surface area contributed by atoms with Crippen molar-refractivity contribution < 1.29 is 9.53 Å². The molecule has 6 nitrogen and oxygen atoms in total. The summed E-state index contributed by atoms with van der Waals surface area (Å²) in [6.07, 6.45) is 1.06. The van der Waals surface area contributed by atoms with E-state index in [4.69, 9.17) is 4.74 Å². The molecule has 0 spiro atoms. The summed E-state index contributed by atoms with van der Waals surface area (Å²) < 4.78 is 5.44. The van der Waals surface area contributed by atoms with Crippen LogP contribution in [0.1, 0.15) is 18.9 Å². The Balaban J connectivity index is 1.92. The van der Waals surface area contributed by atoms with E-state index in [2.05, 4.69) is 42.3 Å². The van der Waals surface area contributed by atoms with Gasteiger partial charge in [-0.15, -0.1) is 0 Å². The first-order valence-electron chi connectivity index (χ1n) is 7.59. The molecular formula is C16H24N4O2. The molecule has 0 bridgehead atoms. The van der Waals surface area contributed by atoms with Gasteiger partial charge in [0.25, 0.3) is 0 Å². The van der Waals surface area contributed by atoms with Gasteiger partial charge in [0.1, 0.15) is 5.75 Å². The number of fused-ring (bicyclic) bond motifs is 3. The highest BCUT2D eigenvalue weighted by Crippen LogP contribution is 2.51. The van der Waals surface area contributed by atoms with Gasteiger partial charge in [0, 0.05) is 38.8 Å². The number of ether oxygens (including phenoxy) is 1. The van der Waals surface area contributed by atoms with Gasteiger partial charge in [0.05, 0.1) is 6.17 Å². The number of hydrogen-bond donors (Lipinski definition) is 1. The summed E-state index contributed by atoms with van der Waals surface area (Å²) in [6.45, 7) is 3.38. The Morgan fingerprint density at radius 2 is 2.18 bits per heavy atom. The third kappa shape index (κ3) is 2.06. The molecule has 1 aromatic carbocycles. The Bertz CT molecular complexity index is 606. The first-order valence-corrected chi connectivity index (χ1v) is 7.59. The summed E-state index contributed by atoms with van der Waals surface area (Å²) in [4.78, 5) is 16.6. The second-order valence-corrected chi connectivity index (χ2v) is 6.46. The zero-order valence-corrected chi connectivity index (χ0v) is 13.9. The van der Waals surface area contributed by atoms with Crippen LogP contribution in [0.3, 0.4) is 0 Å². The summed E-state index contributed by atoms with van der Waals surface area (Å²) in [7, 11) is 7.61. The van der Waals surface area contributed by atoms with Crippen molar-refractivity contribution in [3.05, 3.63) is 23.8 Å². The molecule has 1 aromatic rings. The molecule has 2 heterocycles. The van der Waals surface area contributed by atoms with Crippen LogP contribution in [0.15, 0.2) is 18.2 Å². The Morgan fingerprint density at radius 3 is 2.86 bits per heavy atom. The molecule has 6 heteroatoms. The van der Waals surface area contributed by atoms with E-state index in [1.54, 1.807) is 14.1 Å². The molecule has 0 aromatic heterocycles. The second-order valence-electron chi connectivity index (χ2n) is 6.46. The number of rotatable bonds is 2. The maximum absolute atomic E-state index is 11.9. The number of hydrazine groups is 1. The minimum absolute atomic E-state index is 0.0795. The van der Waals surface area contributed by atoms with Gasteiger partial charge in [0.15, 0.2) is 0 Å². The Hall–Kier alpha value is -1.79. The van der Waals surface area contributed by atoms with Crippen molar-refractivity contribution in [3.63, 3.8) is 0 Å². The number of likely N-dealkylation sites (tertiary alicyclic amines) is 1. The fourth-order valence-corrected chi connectivity index (χ4v) is 3.88. The molecule has 0 aliphatic carbocycles. The van der Waals surface area contributed by atoms with Gasteiger partial charge in [-0.3, -0.25) is 4.90 Å². The van der Waals surface area contributed by atoms with E-state index in [0.29, 0.717) is 11.9 Å². The molecule has 2 aliphatic rings. The molecule has 1 N–H and O–H groups in total. The minimum atomic E-state index is -0.418. The first-order chi connectivity index (χ1) is 10.4. The lowest BCUT2D eigenvalue weighted by atomic mass is 9.81. The van der Waals surface area contributed by atoms with Crippen LogP contribution in [-0.2, 0) is 5.41 Å². The Labute approximate surface area is 131 Å². The molecule has 2 atom stereocenters. The van der Waals surface area contributed by atoms with E-state index >= 15 is 0 Å². The van der Waals surface area contributed by atoms with Gasteiger partial charge < -0.3 is 9.64 Å². The lowest BCUT2D eigenvalue weighted by Gasteiger charge is -2.32. The number of nitrogens with one attached hydrogen (secondary N) is 1. The quantitative estimate of drug-likeness (QED) is 0.842. The predicted octanol–water partition coefficient (Wildman–Crippen LogP) is 1.62. The summed E-state index contributed by atoms with van der Waals surface area (Å²) in [5, 5.41) is 1.31. The Kier molecular flexibility index (Phi) is 3.53. The van der Waals surface area contributed by atoms with Gasteiger partial charge >= 0.3 is 6.09 Å². The normalized spacial score (nSPS) is 26.8. The number of carbonyl (C=O) groups excluding carboxylic acids is 1. The third-order valence-electron chi connectivity index (χ3n) is 5.12. The zero-order valence-electron chi connectivity index (χ0n) is 13.9. The largest absolute Gasteiger partial charge is 0.429 e. The molecule has 120 valence electrons. The van der Waals surface area contributed by atoms with Crippen LogP contribution in [0.25, 0.3) is 0 Å². The summed E-state index contributed by atoms with van der Waals surface area (Å²) in [6, 6.07) is 5.93. The van der Waals surface area contributed by atoms with Crippen LogP contribution in [0.4, 0.5) is 10.5 Å². The fraction of sp³-hybridized carbons (Fsp3) is 0.562. The number of amides is 1. The topological polar surface area (TPSA) is 48.1 Å². The molecule has 22 heavy (non-hydrogen) atoms. The highest BCUT2D eigenvalue weighted by molar-refractivity contribution is 5.72. The zero-order chi connectivity index (χ0) is 16.1. The van der Waals surface area contributed by atoms with Gasteiger partial charge in [-0.25, -0.2) is 15.2 Å². The summed E-state index contributed by atoms with van der Waals surface area (Å²) in [5.74, 6) is 0.593. The monoisotopic (exact) mass is 304 g/mol. The number of carbonyl (C=O) groups is 1. The molecule has 1 fully saturated rings. The van der Waals surface area contributed by atoms with Crippen molar-refractivity contribution in [1.29, 1.82) is 0 Å². The standard InChI is InChI=1S/C16H24N4O2/c1-16-8-9-18(3)14(16)19(4)13-7-6-11(10-12(13)16)22-15(21)20(5)17-2/h6-7,10,14,17H,8-9H2,1-5H3/t14-,16-/m0/s1. The molecule has 0 saturated carbocycles. The highest BCUT2D eigenvalue weighted by Gasteiger charge is 2.52. The van der Waals surface area contributed by atoms with Gasteiger partial charge in [0.2, 0.25) is 0 Å². The van der Waals surface area contributed by atoms with Crippen molar-refractivity contribution in [2.45, 2.75) is 24.9 Å². The smallest absolute Gasteiger partial charge is 0.409 e. The highest BCUT2D eigenvalue weighted by atomic mass is 16.6. The molecule has 1 amide bonds. The van der Waals surface area contributed by atoms with Crippen LogP contribution in [-0.4, -0.2) is 56.9 Å². The molecule has 1 saturated heterocycles. The van der Waals surface area contributed by atoms with Crippen LogP contribution in [0, 0.1) is 0 Å². The van der Waals surface area contributed by atoms with Crippen LogP contribution in [0.2, 0.25) is 0 Å². The van der Waals surface area contributed by atoms with E-state index in [-0.39, 0.29) is 5.41 Å². The van der Waals surface area contributed by atoms with Crippen molar-refractivity contribution in [1.82, 2.24) is 15.3 Å². The first kappa shape index (κ1) is 15.1. The third-order valence-corrected chi connectivity index (χ3v) is 5.12. The van der Waals surface area contributed by atoms with E-state index in [1.165, 1.54) is 16.3 Å². The van der Waals surface area contributed by atoms with Crippen molar-refractivity contribution in [2.75, 3.05) is 39.6 Å². The van der Waals surface area contributed by atoms with E-state index in [9.17, 15) is 4.79 Å². The van der Waals surface area contributed by atoms with Crippen LogP contribution in [0.5, 0.6) is 5.75 Å². The average Bonchev–Trinajstić information content (AvgIpc) is 2.92. The minimum Gasteiger partial charge on any atom is -0.409 e. The fourth-order valence-electron chi connectivity index (χ4n) is 3.88. The number of likely N-dealkylation sites (N-methyl/N-ethyl adjacent to an activating group) is 2. The summed E-state index contributed by atoms with van der Waals surface area (Å²) in [5.41, 5.74) is 5.31. The molecule has 0 unspecified atom stereocenters. The number of benzene rings is 1. The lowest BCUT2D eigenvalue weighted by Crippen LogP contribution is -2.45. The number of anilines is 1. The van der Waals surface area contributed by atoms with Gasteiger partial charge in [-0.2, -0.15) is 0 Å². The maximum atomic E-state index is 11.9. The van der Waals surface area contributed by atoms with E-state index in [0.717, 1.165) is 13.0 Å². The molecule has 2 aliphatic heterocycles. The SMILES string of the molecule is CNN(C)C(=O)Oc1ccc2c(c1)[C@]1(C)CCN(C)[C@H]1N2C. The predicted molar refractivity (Wildman–Crippen MR) is 86.1 cm³/mol. The van der Waals surface area contributed by atoms with Crippen molar-refractivity contribution in [2.24, 2.45) is 0 Å². The Morgan fingerprint density at radius 1 is 1.45 bits per heavy atom. The molecule has 0 radical (unpaired) electrons. The average molecular weight is 304 g/mol. The van der Waals surface area contributed by atoms with Crippen LogP contribution < -0.4 is 15.1 Å². The van der Waals surface area contributed by atoms with Gasteiger partial charge in [-0.05, 0) is 37.2 Å². The maximum Gasteiger partial charge on any atom is 0.429 e. The van der Waals surface area contributed by atoms with E-state index in [1.807, 2.05) is 12.1 Å². The molecular weight excluding hydrogens is 280 g/mol. The molecule has 3 rings (SSSR count). The number of hydrogen-bond acceptors (Lipinski definition) is 5. The van der Waals surface area contributed by atoms with Crippen molar-refractivity contribution >= 4 is 11.8 Å².